The van der Waals surface area contributed by atoms with Crippen LogP contribution in [0.1, 0.15) is 17.7 Å². The van der Waals surface area contributed by atoms with Gasteiger partial charge in [-0.05, 0) is 24.6 Å². The number of hydrogen-bond acceptors (Lipinski definition) is 3. The molecule has 1 atom stereocenters. The summed E-state index contributed by atoms with van der Waals surface area (Å²) in [5.41, 5.74) is 0.660. The zero-order valence-corrected chi connectivity index (χ0v) is 10.1. The van der Waals surface area contributed by atoms with Gasteiger partial charge in [-0.25, -0.2) is 0 Å². The summed E-state index contributed by atoms with van der Waals surface area (Å²) in [4.78, 5) is 11.2. The Kier molecular flexibility index (Phi) is 4.03. The van der Waals surface area contributed by atoms with Gasteiger partial charge in [0.05, 0.1) is 0 Å². The number of amides is 1. The molecule has 1 unspecified atom stereocenters. The Morgan fingerprint density at radius 1 is 1.47 bits per heavy atom. The highest BCUT2D eigenvalue weighted by molar-refractivity contribution is 7.86. The van der Waals surface area contributed by atoms with E-state index in [-0.39, 0.29) is 0 Å². The van der Waals surface area contributed by atoms with Crippen molar-refractivity contribution in [1.82, 2.24) is 0 Å². The zero-order valence-electron chi connectivity index (χ0n) is 9.25. The summed E-state index contributed by atoms with van der Waals surface area (Å²) in [6.07, 6.45) is 1.08. The molecular formula is C11H13NO4S. The Morgan fingerprint density at radius 3 is 2.59 bits per heavy atom. The number of carbonyl (C=O) groups is 1. The lowest BCUT2D eigenvalue weighted by Crippen LogP contribution is -2.14. The van der Waals surface area contributed by atoms with Gasteiger partial charge in [-0.3, -0.25) is 9.35 Å². The van der Waals surface area contributed by atoms with Crippen LogP contribution in [0.4, 0.5) is 5.69 Å². The second-order valence-corrected chi connectivity index (χ2v) is 5.17. The highest BCUT2D eigenvalue weighted by atomic mass is 32.2. The first-order valence-electron chi connectivity index (χ1n) is 4.85. The van der Waals surface area contributed by atoms with Crippen LogP contribution >= 0.6 is 0 Å². The number of rotatable bonds is 4. The second kappa shape index (κ2) is 5.11. The zero-order chi connectivity index (χ0) is 13.1. The van der Waals surface area contributed by atoms with Gasteiger partial charge in [0.25, 0.3) is 10.1 Å². The van der Waals surface area contributed by atoms with Gasteiger partial charge in [-0.15, -0.1) is 0 Å². The number of hydrogen-bond donors (Lipinski definition) is 2. The third-order valence-electron chi connectivity index (χ3n) is 2.29. The van der Waals surface area contributed by atoms with E-state index in [1.54, 1.807) is 18.2 Å². The van der Waals surface area contributed by atoms with E-state index in [0.717, 1.165) is 6.08 Å². The van der Waals surface area contributed by atoms with E-state index in [1.165, 1.54) is 13.0 Å². The monoisotopic (exact) mass is 255 g/mol. The number of carbonyl (C=O) groups excluding carboxylic acids is 1. The van der Waals surface area contributed by atoms with Crippen molar-refractivity contribution >= 4 is 21.7 Å². The Morgan fingerprint density at radius 2 is 2.06 bits per heavy atom. The van der Waals surface area contributed by atoms with Crippen molar-refractivity contribution in [3.8, 4) is 0 Å². The largest absolute Gasteiger partial charge is 0.322 e. The first-order valence-corrected chi connectivity index (χ1v) is 6.35. The van der Waals surface area contributed by atoms with Crippen LogP contribution in [0.15, 0.2) is 36.9 Å². The topological polar surface area (TPSA) is 83.5 Å². The lowest BCUT2D eigenvalue weighted by atomic mass is 10.1. The van der Waals surface area contributed by atoms with Crippen LogP contribution in [-0.4, -0.2) is 18.9 Å². The van der Waals surface area contributed by atoms with Crippen LogP contribution in [0.3, 0.4) is 0 Å². The Balaban J connectivity index is 3.16. The van der Waals surface area contributed by atoms with Gasteiger partial charge in [0, 0.05) is 5.69 Å². The van der Waals surface area contributed by atoms with E-state index in [9.17, 15) is 13.2 Å². The molecular weight excluding hydrogens is 242 g/mol. The van der Waals surface area contributed by atoms with Gasteiger partial charge >= 0.3 is 0 Å². The van der Waals surface area contributed by atoms with Crippen LogP contribution in [0.5, 0.6) is 0 Å². The van der Waals surface area contributed by atoms with Crippen molar-refractivity contribution in [2.24, 2.45) is 0 Å². The maximum absolute atomic E-state index is 11.2. The summed E-state index contributed by atoms with van der Waals surface area (Å²) in [7, 11) is -4.20. The number of anilines is 1. The highest BCUT2D eigenvalue weighted by Gasteiger charge is 2.22. The summed E-state index contributed by atoms with van der Waals surface area (Å²) >= 11 is 0. The van der Waals surface area contributed by atoms with Gasteiger partial charge in [0.15, 0.2) is 0 Å². The van der Waals surface area contributed by atoms with Gasteiger partial charge in [-0.2, -0.15) is 8.42 Å². The van der Waals surface area contributed by atoms with Gasteiger partial charge in [-0.1, -0.05) is 24.8 Å². The predicted octanol–water partition coefficient (Wildman–Crippen LogP) is 1.76. The Hall–Kier alpha value is -1.66. The molecule has 1 amide bonds. The van der Waals surface area contributed by atoms with Gasteiger partial charge in [0.2, 0.25) is 5.91 Å². The fourth-order valence-corrected chi connectivity index (χ4v) is 1.84. The fourth-order valence-electron chi connectivity index (χ4n) is 1.31. The SMILES string of the molecule is C=CC(=O)Nc1ccccc1C(C)S(=O)(=O)O. The third-order valence-corrected chi connectivity index (χ3v) is 3.44. The van der Waals surface area contributed by atoms with Crippen LogP contribution in [-0.2, 0) is 14.9 Å². The maximum atomic E-state index is 11.2. The third kappa shape index (κ3) is 3.40. The van der Waals surface area contributed by atoms with Crippen molar-refractivity contribution < 1.29 is 17.8 Å². The Bertz CT molecular complexity index is 536. The second-order valence-electron chi connectivity index (χ2n) is 3.44. The molecule has 0 heterocycles. The summed E-state index contributed by atoms with van der Waals surface area (Å²) < 4.78 is 31.1. The predicted molar refractivity (Wildman–Crippen MR) is 65.2 cm³/mol. The molecule has 0 fully saturated rings. The number of benzene rings is 1. The molecule has 92 valence electrons. The molecule has 0 aliphatic carbocycles. The van der Waals surface area contributed by atoms with E-state index >= 15 is 0 Å². The normalized spacial score (nSPS) is 12.8. The standard InChI is InChI=1S/C11H13NO4S/c1-3-11(13)12-10-7-5-4-6-9(10)8(2)17(14,15)16/h3-8H,1H2,2H3,(H,12,13)(H,14,15,16). The first-order chi connectivity index (χ1) is 7.86. The smallest absolute Gasteiger partial charge is 0.271 e. The summed E-state index contributed by atoms with van der Waals surface area (Å²) in [6.45, 7) is 4.64. The van der Waals surface area contributed by atoms with Crippen molar-refractivity contribution in [3.63, 3.8) is 0 Å². The molecule has 0 saturated carbocycles. The molecule has 6 heteroatoms. The number of nitrogens with one attached hydrogen (secondary N) is 1. The van der Waals surface area contributed by atoms with E-state index in [2.05, 4.69) is 11.9 Å². The fraction of sp³-hybridized carbons (Fsp3) is 0.182. The molecule has 0 saturated heterocycles. The Labute approximate surface area is 99.9 Å². The van der Waals surface area contributed by atoms with E-state index < -0.39 is 21.3 Å². The molecule has 0 spiro atoms. The minimum absolute atomic E-state index is 0.324. The minimum atomic E-state index is -4.20. The van der Waals surface area contributed by atoms with Crippen LogP contribution in [0.25, 0.3) is 0 Å². The summed E-state index contributed by atoms with van der Waals surface area (Å²) in [5.74, 6) is -0.444. The van der Waals surface area contributed by atoms with Crippen molar-refractivity contribution in [2.75, 3.05) is 5.32 Å². The van der Waals surface area contributed by atoms with Crippen molar-refractivity contribution in [3.05, 3.63) is 42.5 Å². The van der Waals surface area contributed by atoms with Crippen molar-refractivity contribution in [1.29, 1.82) is 0 Å². The van der Waals surface area contributed by atoms with E-state index in [0.29, 0.717) is 11.3 Å². The number of para-hydroxylation sites is 1. The molecule has 1 aromatic carbocycles. The molecule has 0 bridgehead atoms. The average Bonchev–Trinajstić information content (AvgIpc) is 2.27. The minimum Gasteiger partial charge on any atom is -0.322 e. The molecule has 17 heavy (non-hydrogen) atoms. The first kappa shape index (κ1) is 13.4. The summed E-state index contributed by atoms with van der Waals surface area (Å²) in [5, 5.41) is 1.37. The average molecular weight is 255 g/mol. The van der Waals surface area contributed by atoms with E-state index in [1.807, 2.05) is 0 Å². The molecule has 1 aromatic rings. The lowest BCUT2D eigenvalue weighted by molar-refractivity contribution is -0.111. The van der Waals surface area contributed by atoms with Crippen LogP contribution in [0, 0.1) is 0 Å². The quantitative estimate of drug-likeness (QED) is 0.634. The van der Waals surface area contributed by atoms with Crippen molar-refractivity contribution in [2.45, 2.75) is 12.2 Å². The maximum Gasteiger partial charge on any atom is 0.271 e. The van der Waals surface area contributed by atoms with Gasteiger partial charge < -0.3 is 5.32 Å². The van der Waals surface area contributed by atoms with Crippen LogP contribution < -0.4 is 5.32 Å². The lowest BCUT2D eigenvalue weighted by Gasteiger charge is -2.13. The van der Waals surface area contributed by atoms with Gasteiger partial charge in [0.1, 0.15) is 5.25 Å². The molecule has 0 aliphatic rings. The molecule has 0 aliphatic heterocycles. The summed E-state index contributed by atoms with van der Waals surface area (Å²) in [6, 6.07) is 6.36. The highest BCUT2D eigenvalue weighted by Crippen LogP contribution is 2.27. The molecule has 5 nitrogen and oxygen atoms in total. The molecule has 1 rings (SSSR count). The molecule has 0 aromatic heterocycles. The molecule has 0 radical (unpaired) electrons. The molecule has 2 N–H and O–H groups in total. The van der Waals surface area contributed by atoms with E-state index in [4.69, 9.17) is 4.55 Å². The van der Waals surface area contributed by atoms with Crippen LogP contribution in [0.2, 0.25) is 0 Å².